The molecule has 0 saturated carbocycles. The fourth-order valence-corrected chi connectivity index (χ4v) is 2.55. The number of hydrogen-bond donors (Lipinski definition) is 0. The molecule has 17 heavy (non-hydrogen) atoms. The van der Waals surface area contributed by atoms with Gasteiger partial charge >= 0.3 is 0 Å². The van der Waals surface area contributed by atoms with Crippen molar-refractivity contribution in [3.63, 3.8) is 0 Å². The van der Waals surface area contributed by atoms with Crippen molar-refractivity contribution in [2.45, 2.75) is 0 Å². The lowest BCUT2D eigenvalue weighted by molar-refractivity contribution is 0.628. The molecule has 0 saturated heterocycles. The van der Waals surface area contributed by atoms with Crippen LogP contribution in [0, 0.1) is 5.82 Å². The van der Waals surface area contributed by atoms with Crippen LogP contribution in [0.5, 0.6) is 0 Å². The van der Waals surface area contributed by atoms with Gasteiger partial charge in [-0.1, -0.05) is 0 Å². The fraction of sp³-hybridized carbons (Fsp3) is 0. The topological polar surface area (TPSA) is 34.4 Å². The Morgan fingerprint density at radius 1 is 1.18 bits per heavy atom. The molecule has 0 spiro atoms. The third-order valence-corrected chi connectivity index (χ3v) is 3.31. The first-order valence-corrected chi connectivity index (χ1v) is 5.85. The van der Waals surface area contributed by atoms with Crippen molar-refractivity contribution in [1.29, 1.82) is 0 Å². The van der Waals surface area contributed by atoms with Crippen LogP contribution in [0.2, 0.25) is 0 Å². The van der Waals surface area contributed by atoms with Crippen LogP contribution in [0.15, 0.2) is 46.7 Å². The summed E-state index contributed by atoms with van der Waals surface area (Å²) in [6.45, 7) is 0. The quantitative estimate of drug-likeness (QED) is 0.661. The van der Waals surface area contributed by atoms with Gasteiger partial charge < -0.3 is 0 Å². The van der Waals surface area contributed by atoms with Gasteiger partial charge in [-0.3, -0.25) is 9.20 Å². The molecule has 0 unspecified atom stereocenters. The summed E-state index contributed by atoms with van der Waals surface area (Å²) in [7, 11) is 0. The molecule has 0 bridgehead atoms. The molecule has 0 aliphatic carbocycles. The Kier molecular flexibility index (Phi) is 2.26. The first-order valence-electron chi connectivity index (χ1n) is 4.97. The maximum atomic E-state index is 12.8. The highest BCUT2D eigenvalue weighted by Crippen LogP contribution is 2.23. The van der Waals surface area contributed by atoms with Gasteiger partial charge in [0, 0.05) is 17.6 Å². The molecule has 1 aromatic carbocycles. The van der Waals surface area contributed by atoms with Gasteiger partial charge in [0.05, 0.1) is 5.69 Å². The van der Waals surface area contributed by atoms with Crippen LogP contribution in [0.3, 0.4) is 0 Å². The predicted octanol–water partition coefficient (Wildman–Crippen LogP) is 2.56. The van der Waals surface area contributed by atoms with Crippen LogP contribution >= 0.6 is 11.3 Å². The molecule has 0 amide bonds. The lowest BCUT2D eigenvalue weighted by Gasteiger charge is -2.00. The normalized spacial score (nSPS) is 10.9. The van der Waals surface area contributed by atoms with E-state index in [4.69, 9.17) is 0 Å². The first kappa shape index (κ1) is 10.2. The smallest absolute Gasteiger partial charge is 0.258 e. The van der Waals surface area contributed by atoms with Gasteiger partial charge in [0.1, 0.15) is 5.82 Å². The van der Waals surface area contributed by atoms with E-state index in [0.717, 1.165) is 11.3 Å². The van der Waals surface area contributed by atoms with Crippen molar-refractivity contribution in [2.24, 2.45) is 0 Å². The average Bonchev–Trinajstić information content (AvgIpc) is 2.75. The van der Waals surface area contributed by atoms with Gasteiger partial charge in [-0.05, 0) is 29.8 Å². The van der Waals surface area contributed by atoms with E-state index in [1.165, 1.54) is 40.1 Å². The number of rotatable bonds is 1. The summed E-state index contributed by atoms with van der Waals surface area (Å²) in [6, 6.07) is 7.46. The Morgan fingerprint density at radius 2 is 1.94 bits per heavy atom. The molecule has 3 aromatic rings. The Balaban J connectivity index is 2.31. The minimum atomic E-state index is -0.293. The van der Waals surface area contributed by atoms with Gasteiger partial charge in [-0.25, -0.2) is 9.37 Å². The van der Waals surface area contributed by atoms with Gasteiger partial charge in [0.2, 0.25) is 0 Å². The monoisotopic (exact) mass is 246 g/mol. The molecular weight excluding hydrogens is 239 g/mol. The molecule has 0 fully saturated rings. The van der Waals surface area contributed by atoms with Crippen molar-refractivity contribution in [3.05, 3.63) is 58.1 Å². The van der Waals surface area contributed by atoms with Crippen molar-refractivity contribution in [2.75, 3.05) is 0 Å². The van der Waals surface area contributed by atoms with Gasteiger partial charge in [0.15, 0.2) is 4.96 Å². The molecule has 2 aromatic heterocycles. The standard InChI is InChI=1S/C12H7FN2OS/c13-9-3-1-8(2-4-9)10-7-17-12-14-6-5-11(16)15(10)12/h1-7H. The van der Waals surface area contributed by atoms with Crippen molar-refractivity contribution >= 4 is 16.3 Å². The SMILES string of the molecule is O=c1ccnc2scc(-c3ccc(F)cc3)n12. The second-order valence-corrected chi connectivity index (χ2v) is 4.37. The highest BCUT2D eigenvalue weighted by Gasteiger charge is 2.08. The van der Waals surface area contributed by atoms with Crippen LogP contribution in [-0.2, 0) is 0 Å². The molecule has 0 radical (unpaired) electrons. The van der Waals surface area contributed by atoms with E-state index in [-0.39, 0.29) is 11.4 Å². The zero-order valence-corrected chi connectivity index (χ0v) is 9.45. The van der Waals surface area contributed by atoms with Gasteiger partial charge in [-0.2, -0.15) is 0 Å². The Labute approximate surface area is 99.8 Å². The van der Waals surface area contributed by atoms with E-state index in [1.807, 2.05) is 5.38 Å². The Bertz CT molecular complexity index is 730. The van der Waals surface area contributed by atoms with Crippen LogP contribution in [0.4, 0.5) is 4.39 Å². The second-order valence-electron chi connectivity index (χ2n) is 3.53. The van der Waals surface area contributed by atoms with E-state index in [9.17, 15) is 9.18 Å². The maximum Gasteiger partial charge on any atom is 0.258 e. The number of nitrogens with zero attached hydrogens (tertiary/aromatic N) is 2. The van der Waals surface area contributed by atoms with Crippen LogP contribution in [-0.4, -0.2) is 9.38 Å². The summed E-state index contributed by atoms with van der Waals surface area (Å²) in [5.41, 5.74) is 1.41. The number of benzene rings is 1. The zero-order valence-electron chi connectivity index (χ0n) is 8.63. The van der Waals surface area contributed by atoms with Crippen LogP contribution in [0.25, 0.3) is 16.2 Å². The molecule has 0 N–H and O–H groups in total. The summed E-state index contributed by atoms with van der Waals surface area (Å²) >= 11 is 1.39. The van der Waals surface area contributed by atoms with E-state index < -0.39 is 0 Å². The van der Waals surface area contributed by atoms with E-state index in [0.29, 0.717) is 4.96 Å². The molecule has 3 rings (SSSR count). The zero-order chi connectivity index (χ0) is 11.8. The molecular formula is C12H7FN2OS. The summed E-state index contributed by atoms with van der Waals surface area (Å²) < 4.78 is 14.4. The Hall–Kier alpha value is -2.01. The van der Waals surface area contributed by atoms with Gasteiger partial charge in [-0.15, -0.1) is 11.3 Å². The van der Waals surface area contributed by atoms with E-state index in [1.54, 1.807) is 12.1 Å². The number of halogens is 1. The lowest BCUT2D eigenvalue weighted by atomic mass is 10.2. The Morgan fingerprint density at radius 3 is 2.71 bits per heavy atom. The van der Waals surface area contributed by atoms with Crippen molar-refractivity contribution in [1.82, 2.24) is 9.38 Å². The number of fused-ring (bicyclic) bond motifs is 1. The molecule has 2 heterocycles. The largest absolute Gasteiger partial charge is 0.269 e. The number of hydrogen-bond acceptors (Lipinski definition) is 3. The summed E-state index contributed by atoms with van der Waals surface area (Å²) in [5, 5.41) is 1.84. The fourth-order valence-electron chi connectivity index (χ4n) is 1.68. The van der Waals surface area contributed by atoms with Gasteiger partial charge in [0.25, 0.3) is 5.56 Å². The minimum absolute atomic E-state index is 0.129. The average molecular weight is 246 g/mol. The van der Waals surface area contributed by atoms with E-state index >= 15 is 0 Å². The third-order valence-electron chi connectivity index (χ3n) is 2.47. The maximum absolute atomic E-state index is 12.8. The van der Waals surface area contributed by atoms with Crippen molar-refractivity contribution in [3.8, 4) is 11.3 Å². The number of thiazole rings is 1. The highest BCUT2D eigenvalue weighted by molar-refractivity contribution is 7.15. The second kappa shape index (κ2) is 3.78. The summed E-state index contributed by atoms with van der Waals surface area (Å²) in [5.74, 6) is -0.293. The third kappa shape index (κ3) is 1.64. The molecule has 3 nitrogen and oxygen atoms in total. The van der Waals surface area contributed by atoms with Crippen LogP contribution in [0.1, 0.15) is 0 Å². The highest BCUT2D eigenvalue weighted by atomic mass is 32.1. The molecule has 0 aliphatic rings. The van der Waals surface area contributed by atoms with E-state index in [2.05, 4.69) is 4.98 Å². The minimum Gasteiger partial charge on any atom is -0.269 e. The van der Waals surface area contributed by atoms with Crippen LogP contribution < -0.4 is 5.56 Å². The predicted molar refractivity (Wildman–Crippen MR) is 64.7 cm³/mol. The first-order chi connectivity index (χ1) is 8.25. The number of aromatic nitrogens is 2. The molecule has 0 atom stereocenters. The lowest BCUT2D eigenvalue weighted by Crippen LogP contribution is -2.11. The summed E-state index contributed by atoms with van der Waals surface area (Å²) in [4.78, 5) is 16.5. The van der Waals surface area contributed by atoms with Crippen molar-refractivity contribution < 1.29 is 4.39 Å². The molecule has 0 aliphatic heterocycles. The molecule has 5 heteroatoms. The molecule has 84 valence electrons. The summed E-state index contributed by atoms with van der Waals surface area (Å²) in [6.07, 6.45) is 1.49.